The monoisotopic (exact) mass is 209 g/mol. The van der Waals surface area contributed by atoms with Crippen molar-refractivity contribution in [2.45, 2.75) is 0 Å². The van der Waals surface area contributed by atoms with Crippen LogP contribution < -0.4 is 11.1 Å². The highest BCUT2D eigenvalue weighted by atomic mass is 14.6. The summed E-state index contributed by atoms with van der Waals surface area (Å²) in [5.74, 6) is 0. The summed E-state index contributed by atoms with van der Waals surface area (Å²) in [6.45, 7) is 0. The van der Waals surface area contributed by atoms with Gasteiger partial charge in [0, 0.05) is 27.9 Å². The van der Waals surface area contributed by atoms with E-state index in [4.69, 9.17) is 11.1 Å². The lowest BCUT2D eigenvalue weighted by Gasteiger charge is -2.01. The lowest BCUT2D eigenvalue weighted by Crippen LogP contribution is -2.02. The summed E-state index contributed by atoms with van der Waals surface area (Å²) < 4.78 is 0. The number of aromatic nitrogens is 1. The maximum absolute atomic E-state index is 7.97. The maximum Gasteiger partial charge on any atom is 0.0646 e. The molecule has 0 radical (unpaired) electrons. The van der Waals surface area contributed by atoms with E-state index < -0.39 is 0 Å². The predicted molar refractivity (Wildman–Crippen MR) is 63.9 cm³/mol. The topological polar surface area (TPSA) is 65.7 Å². The Balaban J connectivity index is 2.67. The van der Waals surface area contributed by atoms with Crippen LogP contribution in [-0.4, -0.2) is 4.98 Å². The van der Waals surface area contributed by atoms with E-state index in [-0.39, 0.29) is 0 Å². The molecule has 0 aromatic heterocycles. The second-order valence-electron chi connectivity index (χ2n) is 3.83. The molecule has 1 aromatic rings. The smallest absolute Gasteiger partial charge is 0.0646 e. The van der Waals surface area contributed by atoms with Gasteiger partial charge < -0.3 is 16.1 Å². The van der Waals surface area contributed by atoms with Crippen LogP contribution in [0.5, 0.6) is 0 Å². The van der Waals surface area contributed by atoms with Crippen LogP contribution in [0.2, 0.25) is 0 Å². The van der Waals surface area contributed by atoms with Crippen molar-refractivity contribution in [2.75, 3.05) is 5.73 Å². The largest absolute Gasteiger partial charge is 0.399 e. The summed E-state index contributed by atoms with van der Waals surface area (Å²) in [5.41, 5.74) is 6.35. The third kappa shape index (κ3) is 1.11. The standard InChI is InChI=1S/C13H11N3/c14-8-4-5-10-12(11(15)7-8)9-3-1-2-6-16-13(9)10/h1-7,15-16H,14H2. The molecular formula is C13H11N3. The van der Waals surface area contributed by atoms with E-state index in [1.54, 1.807) is 6.07 Å². The van der Waals surface area contributed by atoms with Crippen LogP contribution in [0.25, 0.3) is 10.8 Å². The molecule has 0 saturated heterocycles. The molecule has 1 heterocycles. The van der Waals surface area contributed by atoms with Gasteiger partial charge in [0.25, 0.3) is 0 Å². The Bertz CT molecular complexity index is 786. The van der Waals surface area contributed by atoms with Gasteiger partial charge in [-0.3, -0.25) is 0 Å². The first-order valence-corrected chi connectivity index (χ1v) is 5.10. The average Bonchev–Trinajstić information content (AvgIpc) is 2.47. The van der Waals surface area contributed by atoms with Gasteiger partial charge in [0.1, 0.15) is 0 Å². The molecule has 0 atom stereocenters. The molecule has 3 rings (SSSR count). The Morgan fingerprint density at radius 2 is 2.00 bits per heavy atom. The van der Waals surface area contributed by atoms with Gasteiger partial charge in [-0.05, 0) is 18.2 Å². The third-order valence-corrected chi connectivity index (χ3v) is 2.80. The van der Waals surface area contributed by atoms with E-state index in [1.165, 1.54) is 0 Å². The van der Waals surface area contributed by atoms with Crippen LogP contribution in [0.3, 0.4) is 0 Å². The van der Waals surface area contributed by atoms with Gasteiger partial charge in [-0.1, -0.05) is 18.2 Å². The summed E-state index contributed by atoms with van der Waals surface area (Å²) in [6, 6.07) is 11.4. The summed E-state index contributed by atoms with van der Waals surface area (Å²) in [7, 11) is 0. The van der Waals surface area contributed by atoms with Crippen LogP contribution in [0.15, 0.2) is 42.6 Å². The molecule has 0 bridgehead atoms. The number of anilines is 1. The number of fused-ring (bicyclic) bond motifs is 3. The first kappa shape index (κ1) is 8.97. The lowest BCUT2D eigenvalue weighted by molar-refractivity contribution is 1.25. The second-order valence-corrected chi connectivity index (χ2v) is 3.83. The minimum atomic E-state index is 0.476. The molecule has 3 nitrogen and oxygen atoms in total. The molecule has 2 aliphatic rings. The third-order valence-electron chi connectivity index (χ3n) is 2.80. The summed E-state index contributed by atoms with van der Waals surface area (Å²) in [5, 5.41) is 12.6. The number of aromatic amines is 1. The van der Waals surface area contributed by atoms with Crippen molar-refractivity contribution < 1.29 is 0 Å². The first-order valence-electron chi connectivity index (χ1n) is 5.10. The number of hydrogen-bond acceptors (Lipinski definition) is 2. The molecule has 78 valence electrons. The van der Waals surface area contributed by atoms with Crippen LogP contribution >= 0.6 is 0 Å². The molecule has 4 N–H and O–H groups in total. The molecule has 0 spiro atoms. The van der Waals surface area contributed by atoms with Crippen molar-refractivity contribution >= 4 is 16.5 Å². The van der Waals surface area contributed by atoms with E-state index in [0.717, 1.165) is 21.3 Å². The van der Waals surface area contributed by atoms with Crippen LogP contribution in [0.4, 0.5) is 5.69 Å². The van der Waals surface area contributed by atoms with Crippen LogP contribution in [0, 0.1) is 16.0 Å². The summed E-state index contributed by atoms with van der Waals surface area (Å²) in [4.78, 5) is 3.21. The maximum atomic E-state index is 7.97. The van der Waals surface area contributed by atoms with E-state index in [0.29, 0.717) is 11.0 Å². The summed E-state index contributed by atoms with van der Waals surface area (Å²) in [6.07, 6.45) is 1.89. The Morgan fingerprint density at radius 3 is 2.88 bits per heavy atom. The zero-order valence-corrected chi connectivity index (χ0v) is 8.62. The fourth-order valence-electron chi connectivity index (χ4n) is 2.06. The zero-order chi connectivity index (χ0) is 11.1. The fourth-order valence-corrected chi connectivity index (χ4v) is 2.06. The van der Waals surface area contributed by atoms with Gasteiger partial charge >= 0.3 is 0 Å². The van der Waals surface area contributed by atoms with Crippen molar-refractivity contribution in [1.82, 2.24) is 4.98 Å². The minimum absolute atomic E-state index is 0.476. The van der Waals surface area contributed by atoms with E-state index in [9.17, 15) is 0 Å². The SMILES string of the molecule is N=c1cc(N)ccc2c3[nH]ccccc=3c12. The highest BCUT2D eigenvalue weighted by Gasteiger charge is 2.05. The Morgan fingerprint density at radius 1 is 1.12 bits per heavy atom. The molecule has 0 saturated carbocycles. The Hall–Kier alpha value is -2.29. The van der Waals surface area contributed by atoms with Gasteiger partial charge in [-0.25, -0.2) is 0 Å². The zero-order valence-electron chi connectivity index (χ0n) is 8.62. The Kier molecular flexibility index (Phi) is 1.74. The van der Waals surface area contributed by atoms with Gasteiger partial charge in [0.05, 0.1) is 10.7 Å². The number of nitrogen functional groups attached to an aromatic ring is 1. The van der Waals surface area contributed by atoms with Crippen molar-refractivity contribution in [3.8, 4) is 0 Å². The highest BCUT2D eigenvalue weighted by molar-refractivity contribution is 5.88. The number of nitrogens with two attached hydrogens (primary N) is 1. The van der Waals surface area contributed by atoms with Crippen molar-refractivity contribution in [2.24, 2.45) is 0 Å². The molecule has 0 fully saturated rings. The molecule has 0 unspecified atom stereocenters. The fraction of sp³-hybridized carbons (Fsp3) is 0. The van der Waals surface area contributed by atoms with Gasteiger partial charge in [-0.2, -0.15) is 0 Å². The Labute approximate surface area is 91.7 Å². The lowest BCUT2D eigenvalue weighted by atomic mass is 10.1. The van der Waals surface area contributed by atoms with Gasteiger partial charge in [0.15, 0.2) is 0 Å². The van der Waals surface area contributed by atoms with Crippen LogP contribution in [-0.2, 0) is 0 Å². The minimum Gasteiger partial charge on any atom is -0.399 e. The number of hydrogen-bond donors (Lipinski definition) is 3. The summed E-state index contributed by atoms with van der Waals surface area (Å²) >= 11 is 0. The quantitative estimate of drug-likeness (QED) is 0.520. The molecule has 3 heteroatoms. The molecule has 0 amide bonds. The normalized spacial score (nSPS) is 11.0. The highest BCUT2D eigenvalue weighted by Crippen LogP contribution is 2.18. The van der Waals surface area contributed by atoms with E-state index in [2.05, 4.69) is 4.98 Å². The average molecular weight is 209 g/mol. The second kappa shape index (κ2) is 3.10. The van der Waals surface area contributed by atoms with E-state index >= 15 is 0 Å². The predicted octanol–water partition coefficient (Wildman–Crippen LogP) is 1.95. The van der Waals surface area contributed by atoms with Crippen LogP contribution in [0.1, 0.15) is 0 Å². The van der Waals surface area contributed by atoms with E-state index in [1.807, 2.05) is 36.5 Å². The van der Waals surface area contributed by atoms with Crippen molar-refractivity contribution in [3.63, 3.8) is 0 Å². The van der Waals surface area contributed by atoms with Crippen molar-refractivity contribution in [3.05, 3.63) is 58.5 Å². The van der Waals surface area contributed by atoms with Crippen molar-refractivity contribution in [1.29, 1.82) is 5.41 Å². The number of rotatable bonds is 0. The number of nitrogens with one attached hydrogen (secondary N) is 2. The molecule has 1 aliphatic carbocycles. The molecule has 1 aromatic carbocycles. The number of H-pyrrole nitrogens is 1. The first-order chi connectivity index (χ1) is 7.77. The molecular weight excluding hydrogens is 198 g/mol. The van der Waals surface area contributed by atoms with Gasteiger partial charge in [-0.15, -0.1) is 0 Å². The van der Waals surface area contributed by atoms with Gasteiger partial charge in [0.2, 0.25) is 0 Å². The molecule has 1 aliphatic heterocycles. The molecule has 16 heavy (non-hydrogen) atoms.